The molecule has 2 heterocycles. The minimum Gasteiger partial charge on any atom is -0.378 e. The fraction of sp³-hybridized carbons (Fsp3) is 0.238. The van der Waals surface area contributed by atoms with E-state index in [0.29, 0.717) is 6.42 Å². The van der Waals surface area contributed by atoms with Crippen molar-refractivity contribution in [3.05, 3.63) is 65.0 Å². The lowest BCUT2D eigenvalue weighted by molar-refractivity contribution is -0.115. The Bertz CT molecular complexity index is 887. The van der Waals surface area contributed by atoms with Gasteiger partial charge in [0.05, 0.1) is 30.8 Å². The topological polar surface area (TPSA) is 54.5 Å². The Morgan fingerprint density at radius 3 is 2.56 bits per heavy atom. The van der Waals surface area contributed by atoms with E-state index in [9.17, 15) is 4.79 Å². The maximum Gasteiger partial charge on any atom is 0.229 e. The Morgan fingerprint density at radius 2 is 1.81 bits per heavy atom. The van der Waals surface area contributed by atoms with Crippen LogP contribution in [0.25, 0.3) is 11.3 Å². The number of amides is 1. The van der Waals surface area contributed by atoms with Crippen molar-refractivity contribution in [3.8, 4) is 11.3 Å². The van der Waals surface area contributed by atoms with Crippen molar-refractivity contribution in [2.45, 2.75) is 6.42 Å². The zero-order valence-corrected chi connectivity index (χ0v) is 15.7. The largest absolute Gasteiger partial charge is 0.378 e. The van der Waals surface area contributed by atoms with Crippen LogP contribution in [0.3, 0.4) is 0 Å². The summed E-state index contributed by atoms with van der Waals surface area (Å²) in [5, 5.41) is 2.99. The third kappa shape index (κ3) is 4.35. The first-order chi connectivity index (χ1) is 13.3. The molecule has 2 aromatic carbocycles. The van der Waals surface area contributed by atoms with Crippen LogP contribution in [0.2, 0.25) is 0 Å². The van der Waals surface area contributed by atoms with Gasteiger partial charge in [-0.15, -0.1) is 11.3 Å². The summed E-state index contributed by atoms with van der Waals surface area (Å²) >= 11 is 1.51. The van der Waals surface area contributed by atoms with Gasteiger partial charge in [0.15, 0.2) is 0 Å². The van der Waals surface area contributed by atoms with Crippen LogP contribution in [0.15, 0.2) is 60.1 Å². The van der Waals surface area contributed by atoms with Crippen LogP contribution >= 0.6 is 11.3 Å². The van der Waals surface area contributed by atoms with Crippen molar-refractivity contribution >= 4 is 28.6 Å². The molecule has 4 rings (SSSR count). The summed E-state index contributed by atoms with van der Waals surface area (Å²) in [5.74, 6) is -0.0319. The van der Waals surface area contributed by atoms with Crippen LogP contribution in [0, 0.1) is 0 Å². The van der Waals surface area contributed by atoms with Gasteiger partial charge >= 0.3 is 0 Å². The van der Waals surface area contributed by atoms with E-state index in [2.05, 4.69) is 15.2 Å². The first kappa shape index (κ1) is 17.7. The number of nitrogens with zero attached hydrogens (tertiary/aromatic N) is 2. The smallest absolute Gasteiger partial charge is 0.229 e. The average Bonchev–Trinajstić information content (AvgIpc) is 3.18. The molecule has 1 amide bonds. The van der Waals surface area contributed by atoms with Gasteiger partial charge in [0.1, 0.15) is 0 Å². The Hall–Kier alpha value is -2.70. The lowest BCUT2D eigenvalue weighted by Crippen LogP contribution is -2.36. The second-order valence-corrected chi connectivity index (χ2v) is 7.30. The van der Waals surface area contributed by atoms with Gasteiger partial charge in [-0.3, -0.25) is 4.79 Å². The molecule has 0 aliphatic carbocycles. The number of benzene rings is 2. The lowest BCUT2D eigenvalue weighted by Gasteiger charge is -2.28. The van der Waals surface area contributed by atoms with Crippen molar-refractivity contribution < 1.29 is 9.53 Å². The molecule has 6 heteroatoms. The van der Waals surface area contributed by atoms with E-state index in [1.165, 1.54) is 11.3 Å². The predicted molar refractivity (Wildman–Crippen MR) is 109 cm³/mol. The quantitative estimate of drug-likeness (QED) is 0.732. The third-order valence-corrected chi connectivity index (χ3v) is 5.37. The molecule has 138 valence electrons. The van der Waals surface area contributed by atoms with Crippen LogP contribution in [-0.4, -0.2) is 37.2 Å². The highest BCUT2D eigenvalue weighted by Gasteiger charge is 2.14. The molecule has 1 aromatic heterocycles. The summed E-state index contributed by atoms with van der Waals surface area (Å²) < 4.78 is 5.39. The lowest BCUT2D eigenvalue weighted by atomic mass is 10.1. The Morgan fingerprint density at radius 1 is 1.07 bits per heavy atom. The molecular formula is C21H21N3O2S. The van der Waals surface area contributed by atoms with Crippen molar-refractivity contribution in [1.82, 2.24) is 4.98 Å². The molecule has 1 fully saturated rings. The van der Waals surface area contributed by atoms with Crippen LogP contribution in [0.4, 0.5) is 11.4 Å². The van der Waals surface area contributed by atoms with E-state index in [1.54, 1.807) is 5.51 Å². The number of anilines is 2. The number of carbonyl (C=O) groups excluding carboxylic acids is 1. The molecule has 0 unspecified atom stereocenters. The van der Waals surface area contributed by atoms with Crippen LogP contribution < -0.4 is 10.2 Å². The average molecular weight is 379 g/mol. The van der Waals surface area contributed by atoms with Crippen LogP contribution in [0.5, 0.6) is 0 Å². The molecule has 0 radical (unpaired) electrons. The van der Waals surface area contributed by atoms with Crippen molar-refractivity contribution in [2.24, 2.45) is 0 Å². The fourth-order valence-corrected chi connectivity index (χ4v) is 3.94. The maximum atomic E-state index is 12.5. The number of aromatic nitrogens is 1. The van der Waals surface area contributed by atoms with E-state index in [1.807, 2.05) is 54.6 Å². The predicted octanol–water partition coefficient (Wildman–Crippen LogP) is 3.83. The highest BCUT2D eigenvalue weighted by Crippen LogP contribution is 2.26. The van der Waals surface area contributed by atoms with Crippen molar-refractivity contribution in [1.29, 1.82) is 0 Å². The molecule has 0 bridgehead atoms. The third-order valence-electron chi connectivity index (χ3n) is 4.54. The molecule has 0 spiro atoms. The van der Waals surface area contributed by atoms with Crippen molar-refractivity contribution in [3.63, 3.8) is 0 Å². The number of thiazole rings is 1. The summed E-state index contributed by atoms with van der Waals surface area (Å²) in [4.78, 5) is 20.2. The minimum absolute atomic E-state index is 0.0319. The fourth-order valence-electron chi connectivity index (χ4n) is 3.16. The zero-order valence-electron chi connectivity index (χ0n) is 14.9. The van der Waals surface area contributed by atoms with Gasteiger partial charge in [0, 0.05) is 34.9 Å². The van der Waals surface area contributed by atoms with Crippen molar-refractivity contribution in [2.75, 3.05) is 36.5 Å². The van der Waals surface area contributed by atoms with E-state index in [4.69, 9.17) is 4.74 Å². The van der Waals surface area contributed by atoms with Crippen LogP contribution in [0.1, 0.15) is 4.88 Å². The van der Waals surface area contributed by atoms with E-state index in [-0.39, 0.29) is 5.91 Å². The van der Waals surface area contributed by atoms with Gasteiger partial charge in [-0.1, -0.05) is 30.3 Å². The van der Waals surface area contributed by atoms with Gasteiger partial charge in [-0.2, -0.15) is 0 Å². The van der Waals surface area contributed by atoms with Gasteiger partial charge < -0.3 is 15.0 Å². The van der Waals surface area contributed by atoms with E-state index >= 15 is 0 Å². The highest BCUT2D eigenvalue weighted by molar-refractivity contribution is 7.10. The summed E-state index contributed by atoms with van der Waals surface area (Å²) in [6.07, 6.45) is 0.320. The van der Waals surface area contributed by atoms with Gasteiger partial charge in [0.2, 0.25) is 5.91 Å². The monoisotopic (exact) mass is 379 g/mol. The Labute approximate surface area is 162 Å². The number of nitrogens with one attached hydrogen (secondary N) is 1. The number of hydrogen-bond donors (Lipinski definition) is 1. The minimum atomic E-state index is -0.0319. The molecular weight excluding hydrogens is 358 g/mol. The van der Waals surface area contributed by atoms with Gasteiger partial charge in [0.25, 0.3) is 0 Å². The highest BCUT2D eigenvalue weighted by atomic mass is 32.1. The molecule has 1 aliphatic heterocycles. The van der Waals surface area contributed by atoms with Gasteiger partial charge in [-0.25, -0.2) is 4.98 Å². The molecule has 1 N–H and O–H groups in total. The second-order valence-electron chi connectivity index (χ2n) is 6.36. The maximum absolute atomic E-state index is 12.5. The summed E-state index contributed by atoms with van der Waals surface area (Å²) in [5.41, 5.74) is 5.69. The number of morpholine rings is 1. The molecule has 27 heavy (non-hydrogen) atoms. The van der Waals surface area contributed by atoms with Crippen LogP contribution in [-0.2, 0) is 16.0 Å². The molecule has 0 atom stereocenters. The molecule has 0 saturated carbocycles. The summed E-state index contributed by atoms with van der Waals surface area (Å²) in [7, 11) is 0. The number of hydrogen-bond acceptors (Lipinski definition) is 5. The first-order valence-electron chi connectivity index (χ1n) is 9.00. The number of rotatable bonds is 5. The molecule has 1 saturated heterocycles. The second kappa shape index (κ2) is 8.33. The summed E-state index contributed by atoms with van der Waals surface area (Å²) in [6, 6.07) is 18.0. The zero-order chi connectivity index (χ0) is 18.5. The standard InChI is InChI=1S/C21H21N3O2S/c25-20(14-19-21(22-15-27-19)16-4-2-1-3-5-16)23-17-6-8-18(9-7-17)24-10-12-26-13-11-24/h1-9,15H,10-14H2,(H,23,25). The Balaban J connectivity index is 1.39. The number of carbonyl (C=O) groups is 1. The van der Waals surface area contributed by atoms with Gasteiger partial charge in [-0.05, 0) is 24.3 Å². The first-order valence-corrected chi connectivity index (χ1v) is 9.88. The SMILES string of the molecule is O=C(Cc1scnc1-c1ccccc1)Nc1ccc(N2CCOCC2)cc1. The molecule has 5 nitrogen and oxygen atoms in total. The normalized spacial score (nSPS) is 14.1. The summed E-state index contributed by atoms with van der Waals surface area (Å²) in [6.45, 7) is 3.33. The molecule has 3 aromatic rings. The van der Waals surface area contributed by atoms with E-state index in [0.717, 1.165) is 53.8 Å². The number of ether oxygens (including phenoxy) is 1. The molecule has 1 aliphatic rings. The van der Waals surface area contributed by atoms with E-state index < -0.39 is 0 Å². The Kier molecular flexibility index (Phi) is 5.46.